The molecule has 1 atom stereocenters. The third-order valence-electron chi connectivity index (χ3n) is 3.13. The molecule has 2 rings (SSSR count). The summed E-state index contributed by atoms with van der Waals surface area (Å²) in [5.41, 5.74) is 2.15. The molecule has 2 N–H and O–H groups in total. The molecule has 0 saturated carbocycles. The summed E-state index contributed by atoms with van der Waals surface area (Å²) in [5, 5.41) is 6.53. The van der Waals surface area contributed by atoms with Crippen molar-refractivity contribution in [3.05, 3.63) is 40.9 Å². The number of esters is 1. The molecule has 1 unspecified atom stereocenters. The number of nitrogens with one attached hydrogen (secondary N) is 2. The van der Waals surface area contributed by atoms with E-state index in [2.05, 4.69) is 10.3 Å². The standard InChI is InChI=1S/C16H17N3O4S/c1-9-4-6-11(7-5-9)14-18-12(8-24-14)15(21)23-10(2)13(20)19-16(22)17-3/h4-8,10H,1-3H3,(H2,17,19,20,22). The van der Waals surface area contributed by atoms with Gasteiger partial charge in [-0.25, -0.2) is 14.6 Å². The Morgan fingerprint density at radius 3 is 2.50 bits per heavy atom. The SMILES string of the molecule is CNC(=O)NC(=O)C(C)OC(=O)c1csc(-c2ccc(C)cc2)n1. The highest BCUT2D eigenvalue weighted by Crippen LogP contribution is 2.24. The summed E-state index contributed by atoms with van der Waals surface area (Å²) in [6.07, 6.45) is -1.11. The van der Waals surface area contributed by atoms with Gasteiger partial charge in [-0.05, 0) is 13.8 Å². The predicted octanol–water partition coefficient (Wildman–Crippen LogP) is 2.12. The number of carbonyl (C=O) groups excluding carboxylic acids is 3. The van der Waals surface area contributed by atoms with Crippen molar-refractivity contribution in [2.24, 2.45) is 0 Å². The quantitative estimate of drug-likeness (QED) is 0.826. The summed E-state index contributed by atoms with van der Waals surface area (Å²) in [7, 11) is 1.38. The van der Waals surface area contributed by atoms with Crippen LogP contribution in [0.25, 0.3) is 10.6 Å². The zero-order valence-electron chi connectivity index (χ0n) is 13.5. The number of thiazole rings is 1. The first-order chi connectivity index (χ1) is 11.4. The molecule has 1 aromatic carbocycles. The molecule has 0 bridgehead atoms. The molecule has 7 nitrogen and oxygen atoms in total. The highest BCUT2D eigenvalue weighted by molar-refractivity contribution is 7.13. The number of benzene rings is 1. The second-order valence-corrected chi connectivity index (χ2v) is 5.88. The minimum atomic E-state index is -1.11. The van der Waals surface area contributed by atoms with Gasteiger partial charge in [-0.15, -0.1) is 11.3 Å². The van der Waals surface area contributed by atoms with Crippen molar-refractivity contribution in [1.82, 2.24) is 15.6 Å². The molecule has 3 amide bonds. The van der Waals surface area contributed by atoms with E-state index in [9.17, 15) is 14.4 Å². The van der Waals surface area contributed by atoms with Gasteiger partial charge in [0.1, 0.15) is 5.01 Å². The van der Waals surface area contributed by atoms with E-state index in [1.165, 1.54) is 25.3 Å². The van der Waals surface area contributed by atoms with E-state index in [-0.39, 0.29) is 5.69 Å². The fourth-order valence-electron chi connectivity index (χ4n) is 1.75. The summed E-state index contributed by atoms with van der Waals surface area (Å²) in [4.78, 5) is 39.0. The molecular weight excluding hydrogens is 330 g/mol. The first-order valence-electron chi connectivity index (χ1n) is 7.17. The van der Waals surface area contributed by atoms with E-state index < -0.39 is 24.0 Å². The number of ether oxygens (including phenoxy) is 1. The molecule has 1 aromatic heterocycles. The molecule has 0 aliphatic rings. The van der Waals surface area contributed by atoms with Gasteiger partial charge in [-0.1, -0.05) is 29.8 Å². The van der Waals surface area contributed by atoms with Crippen molar-refractivity contribution in [2.75, 3.05) is 7.05 Å². The smallest absolute Gasteiger partial charge is 0.358 e. The Kier molecular flexibility index (Phi) is 5.64. The second-order valence-electron chi connectivity index (χ2n) is 5.02. The molecule has 0 aliphatic heterocycles. The van der Waals surface area contributed by atoms with Gasteiger partial charge in [-0.2, -0.15) is 0 Å². The first kappa shape index (κ1) is 17.6. The van der Waals surface area contributed by atoms with Gasteiger partial charge in [0.05, 0.1) is 0 Å². The number of hydrogen-bond donors (Lipinski definition) is 2. The lowest BCUT2D eigenvalue weighted by Gasteiger charge is -2.11. The van der Waals surface area contributed by atoms with Crippen LogP contribution in [-0.2, 0) is 9.53 Å². The average Bonchev–Trinajstić information content (AvgIpc) is 3.05. The molecule has 0 saturated heterocycles. The van der Waals surface area contributed by atoms with Gasteiger partial charge in [-0.3, -0.25) is 10.1 Å². The van der Waals surface area contributed by atoms with Crippen LogP contribution in [0.1, 0.15) is 23.0 Å². The highest BCUT2D eigenvalue weighted by atomic mass is 32.1. The predicted molar refractivity (Wildman–Crippen MR) is 89.8 cm³/mol. The van der Waals surface area contributed by atoms with Gasteiger partial charge >= 0.3 is 12.0 Å². The van der Waals surface area contributed by atoms with Gasteiger partial charge < -0.3 is 10.1 Å². The fraction of sp³-hybridized carbons (Fsp3) is 0.250. The van der Waals surface area contributed by atoms with Gasteiger partial charge in [0.2, 0.25) is 0 Å². The molecule has 0 spiro atoms. The normalized spacial score (nSPS) is 11.5. The zero-order chi connectivity index (χ0) is 17.7. The Hall–Kier alpha value is -2.74. The average molecular weight is 347 g/mol. The topological polar surface area (TPSA) is 97.4 Å². The Bertz CT molecular complexity index is 755. The van der Waals surface area contributed by atoms with Crippen molar-refractivity contribution >= 4 is 29.2 Å². The Labute approximate surface area is 143 Å². The van der Waals surface area contributed by atoms with Crippen LogP contribution in [0.2, 0.25) is 0 Å². The van der Waals surface area contributed by atoms with Crippen molar-refractivity contribution in [1.29, 1.82) is 0 Å². The van der Waals surface area contributed by atoms with Crippen molar-refractivity contribution in [3.63, 3.8) is 0 Å². The molecule has 0 fully saturated rings. The van der Waals surface area contributed by atoms with E-state index in [0.29, 0.717) is 5.01 Å². The number of hydrogen-bond acceptors (Lipinski definition) is 6. The van der Waals surface area contributed by atoms with Gasteiger partial charge in [0.25, 0.3) is 5.91 Å². The summed E-state index contributed by atoms with van der Waals surface area (Å²) >= 11 is 1.31. The number of urea groups is 1. The third-order valence-corrected chi connectivity index (χ3v) is 4.02. The number of amides is 3. The van der Waals surface area contributed by atoms with Gasteiger partial charge in [0.15, 0.2) is 11.8 Å². The van der Waals surface area contributed by atoms with Crippen LogP contribution in [0.4, 0.5) is 4.79 Å². The maximum Gasteiger partial charge on any atom is 0.358 e. The van der Waals surface area contributed by atoms with Crippen LogP contribution in [0.3, 0.4) is 0 Å². The van der Waals surface area contributed by atoms with Crippen LogP contribution in [0.15, 0.2) is 29.6 Å². The van der Waals surface area contributed by atoms with E-state index in [4.69, 9.17) is 4.74 Å². The molecule has 0 aliphatic carbocycles. The first-order valence-corrected chi connectivity index (χ1v) is 8.04. The second kappa shape index (κ2) is 7.69. The molecule has 8 heteroatoms. The highest BCUT2D eigenvalue weighted by Gasteiger charge is 2.22. The lowest BCUT2D eigenvalue weighted by Crippen LogP contribution is -2.43. The van der Waals surface area contributed by atoms with E-state index in [0.717, 1.165) is 11.1 Å². The van der Waals surface area contributed by atoms with E-state index in [1.807, 2.05) is 36.5 Å². The maximum atomic E-state index is 12.1. The molecule has 126 valence electrons. The summed E-state index contributed by atoms with van der Waals surface area (Å²) in [5.74, 6) is -1.43. The number of aromatic nitrogens is 1. The summed E-state index contributed by atoms with van der Waals surface area (Å²) in [6.45, 7) is 3.36. The number of aryl methyl sites for hydroxylation is 1. The summed E-state index contributed by atoms with van der Waals surface area (Å²) in [6, 6.07) is 7.09. The fourth-order valence-corrected chi connectivity index (χ4v) is 2.54. The van der Waals surface area contributed by atoms with Gasteiger partial charge in [0, 0.05) is 18.0 Å². The lowest BCUT2D eigenvalue weighted by atomic mass is 10.2. The molecular formula is C16H17N3O4S. The Balaban J connectivity index is 2.02. The minimum Gasteiger partial charge on any atom is -0.448 e. The van der Waals surface area contributed by atoms with E-state index in [1.54, 1.807) is 5.38 Å². The third kappa shape index (κ3) is 4.39. The van der Waals surface area contributed by atoms with Crippen LogP contribution in [0, 0.1) is 6.92 Å². The minimum absolute atomic E-state index is 0.121. The Morgan fingerprint density at radius 1 is 1.21 bits per heavy atom. The monoisotopic (exact) mass is 347 g/mol. The lowest BCUT2D eigenvalue weighted by molar-refractivity contribution is -0.127. The zero-order valence-corrected chi connectivity index (χ0v) is 14.3. The maximum absolute atomic E-state index is 12.1. The van der Waals surface area contributed by atoms with Crippen LogP contribution in [0.5, 0.6) is 0 Å². The largest absolute Gasteiger partial charge is 0.448 e. The van der Waals surface area contributed by atoms with Crippen molar-refractivity contribution < 1.29 is 19.1 Å². The summed E-state index contributed by atoms with van der Waals surface area (Å²) < 4.78 is 5.03. The molecule has 24 heavy (non-hydrogen) atoms. The number of nitrogens with zero attached hydrogens (tertiary/aromatic N) is 1. The van der Waals surface area contributed by atoms with Crippen LogP contribution >= 0.6 is 11.3 Å². The van der Waals surface area contributed by atoms with E-state index >= 15 is 0 Å². The molecule has 2 aromatic rings. The Morgan fingerprint density at radius 2 is 1.88 bits per heavy atom. The number of carbonyl (C=O) groups is 3. The van der Waals surface area contributed by atoms with Crippen molar-refractivity contribution in [3.8, 4) is 10.6 Å². The van der Waals surface area contributed by atoms with Crippen LogP contribution in [-0.4, -0.2) is 36.0 Å². The number of rotatable bonds is 4. The van der Waals surface area contributed by atoms with Crippen LogP contribution < -0.4 is 10.6 Å². The van der Waals surface area contributed by atoms with Crippen molar-refractivity contribution in [2.45, 2.75) is 20.0 Å². The molecule has 1 heterocycles. The number of imide groups is 1. The molecule has 0 radical (unpaired) electrons.